The van der Waals surface area contributed by atoms with Gasteiger partial charge in [0, 0.05) is 17.2 Å². The molecule has 0 aliphatic rings. The molecule has 0 aliphatic carbocycles. The van der Waals surface area contributed by atoms with Crippen molar-refractivity contribution in [3.8, 4) is 23.0 Å². The van der Waals surface area contributed by atoms with Gasteiger partial charge in [-0.25, -0.2) is 5.43 Å². The molecule has 8 heteroatoms. The third-order valence-electron chi connectivity index (χ3n) is 4.79. The van der Waals surface area contributed by atoms with E-state index in [2.05, 4.69) is 24.4 Å². The summed E-state index contributed by atoms with van der Waals surface area (Å²) in [5.74, 6) is -0.339. The van der Waals surface area contributed by atoms with Crippen molar-refractivity contribution in [2.45, 2.75) is 26.4 Å². The number of anilines is 1. The van der Waals surface area contributed by atoms with Gasteiger partial charge < -0.3 is 25.8 Å². The van der Waals surface area contributed by atoms with E-state index < -0.39 is 5.91 Å². The maximum absolute atomic E-state index is 12.1. The molecule has 0 heterocycles. The van der Waals surface area contributed by atoms with Gasteiger partial charge in [-0.2, -0.15) is 5.10 Å². The molecule has 7 N–H and O–H groups in total. The number of carbonyl (C=O) groups is 1. The first-order valence-corrected chi connectivity index (χ1v) is 9.96. The Labute approximate surface area is 185 Å². The van der Waals surface area contributed by atoms with Crippen LogP contribution in [0.2, 0.25) is 0 Å². The topological polar surface area (TPSA) is 140 Å². The predicted octanol–water partition coefficient (Wildman–Crippen LogP) is 3.58. The maximum Gasteiger partial charge on any atom is 0.301 e. The van der Waals surface area contributed by atoms with Crippen molar-refractivity contribution in [1.29, 1.82) is 0 Å². The molecule has 3 aromatic carbocycles. The Morgan fingerprint density at radius 3 is 2.47 bits per heavy atom. The molecule has 0 aromatic heterocycles. The van der Waals surface area contributed by atoms with Crippen LogP contribution < -0.4 is 15.9 Å². The molecule has 0 atom stereocenters. The van der Waals surface area contributed by atoms with Crippen molar-refractivity contribution >= 4 is 17.8 Å². The Kier molecular flexibility index (Phi) is 6.84. The summed E-state index contributed by atoms with van der Waals surface area (Å²) in [6.07, 6.45) is 1.30. The summed E-state index contributed by atoms with van der Waals surface area (Å²) in [5, 5.41) is 31.7. The van der Waals surface area contributed by atoms with E-state index in [-0.39, 0.29) is 40.9 Å². The van der Waals surface area contributed by atoms with Crippen LogP contribution in [0.3, 0.4) is 0 Å². The van der Waals surface area contributed by atoms with Crippen molar-refractivity contribution in [2.75, 3.05) is 5.73 Å². The van der Waals surface area contributed by atoms with Gasteiger partial charge >= 0.3 is 5.75 Å². The number of nitrogen functional groups attached to an aromatic ring is 1. The Balaban J connectivity index is 1.63. The van der Waals surface area contributed by atoms with Crippen LogP contribution in [0, 0.1) is 0 Å². The zero-order valence-corrected chi connectivity index (χ0v) is 17.8. The quantitative estimate of drug-likeness (QED) is 0.147. The number of nitrogens with two attached hydrogens (primary N) is 1. The molecule has 0 bridgehead atoms. The fourth-order valence-electron chi connectivity index (χ4n) is 2.94. The van der Waals surface area contributed by atoms with E-state index in [0.29, 0.717) is 11.5 Å². The molecule has 0 radical (unpaired) electrons. The number of carbonyl (C=O) groups excluding carboxylic acids is 1. The number of aromatic hydroxyl groups is 2. The highest BCUT2D eigenvalue weighted by Crippen LogP contribution is 2.37. The first kappa shape index (κ1) is 22.5. The van der Waals surface area contributed by atoms with E-state index in [9.17, 15) is 15.0 Å². The number of ether oxygens (including phenoxy) is 1. The molecule has 0 saturated carbocycles. The third kappa shape index (κ3) is 5.48. The molecule has 0 spiro atoms. The molecular formula is C24H26N3O5+. The van der Waals surface area contributed by atoms with Gasteiger partial charge in [0.25, 0.3) is 11.7 Å². The Bertz CT molecular complexity index is 1120. The lowest BCUT2D eigenvalue weighted by Crippen LogP contribution is -2.17. The highest BCUT2D eigenvalue weighted by atomic mass is 16.5. The minimum Gasteiger partial charge on any atom is -0.591 e. The van der Waals surface area contributed by atoms with Crippen LogP contribution in [0.5, 0.6) is 23.0 Å². The van der Waals surface area contributed by atoms with Gasteiger partial charge in [-0.3, -0.25) is 4.79 Å². The van der Waals surface area contributed by atoms with E-state index in [1.165, 1.54) is 42.1 Å². The summed E-state index contributed by atoms with van der Waals surface area (Å²) in [5.41, 5.74) is 10.8. The summed E-state index contributed by atoms with van der Waals surface area (Å²) in [4.78, 5) is 12.1. The second-order valence-electron chi connectivity index (χ2n) is 7.57. The number of benzene rings is 3. The molecule has 3 aromatic rings. The standard InChI is InChI=1S/C24H25N3O5/c1-14(2)17-5-3-15(4-6-17)13-32-23-21(29)9-16(10-22(23)30)12-26-27-24(31)18-7-8-20(28)19(25)11-18/h3-12,14,28-30H,13,25H2,1-2H3,(H,27,31)/p+1/b26-12+. The second-order valence-corrected chi connectivity index (χ2v) is 7.57. The fourth-order valence-corrected chi connectivity index (χ4v) is 2.94. The SMILES string of the molecule is CC(C)c1ccc(COc2c(O)cc(/C=N/NC(=O)c3ccc(O)c(N)c3)cc2[OH2+])cc1. The zero-order chi connectivity index (χ0) is 23.3. The number of amides is 1. The number of hydrazone groups is 1. The van der Waals surface area contributed by atoms with Gasteiger partial charge in [-0.05, 0) is 41.3 Å². The molecule has 3 rings (SSSR count). The number of phenolic OH excluding ortho intramolecular Hbond substituents is 2. The van der Waals surface area contributed by atoms with Crippen LogP contribution in [-0.4, -0.2) is 27.4 Å². The Morgan fingerprint density at radius 1 is 1.12 bits per heavy atom. The minimum absolute atomic E-state index is 0.0112. The van der Waals surface area contributed by atoms with E-state index in [1.807, 2.05) is 24.3 Å². The minimum atomic E-state index is -0.522. The first-order valence-electron chi connectivity index (χ1n) is 9.96. The predicted molar refractivity (Wildman–Crippen MR) is 124 cm³/mol. The van der Waals surface area contributed by atoms with E-state index in [1.54, 1.807) is 0 Å². The number of phenols is 2. The highest BCUT2D eigenvalue weighted by Gasteiger charge is 2.15. The first-order chi connectivity index (χ1) is 15.2. The van der Waals surface area contributed by atoms with Crippen LogP contribution in [-0.2, 0) is 6.61 Å². The van der Waals surface area contributed by atoms with E-state index in [4.69, 9.17) is 15.6 Å². The molecular weight excluding hydrogens is 410 g/mol. The van der Waals surface area contributed by atoms with Gasteiger partial charge in [0.2, 0.25) is 0 Å². The Hall–Kier alpha value is -4.20. The van der Waals surface area contributed by atoms with Gasteiger partial charge in [-0.15, -0.1) is 0 Å². The van der Waals surface area contributed by atoms with E-state index >= 15 is 0 Å². The third-order valence-corrected chi connectivity index (χ3v) is 4.79. The summed E-state index contributed by atoms with van der Waals surface area (Å²) < 4.78 is 5.65. The van der Waals surface area contributed by atoms with E-state index in [0.717, 1.165) is 5.56 Å². The van der Waals surface area contributed by atoms with Crippen molar-refractivity contribution in [1.82, 2.24) is 5.43 Å². The second kappa shape index (κ2) is 9.74. The van der Waals surface area contributed by atoms with Crippen molar-refractivity contribution in [3.63, 3.8) is 0 Å². The van der Waals surface area contributed by atoms with Crippen molar-refractivity contribution < 1.29 is 24.9 Å². The zero-order valence-electron chi connectivity index (χ0n) is 17.8. The fraction of sp³-hybridized carbons (Fsp3) is 0.167. The summed E-state index contributed by atoms with van der Waals surface area (Å²) >= 11 is 0. The monoisotopic (exact) mass is 436 g/mol. The number of hydrogen-bond donors (Lipinski definition) is 4. The lowest BCUT2D eigenvalue weighted by Gasteiger charge is -2.10. The van der Waals surface area contributed by atoms with Crippen LogP contribution in [0.1, 0.15) is 46.8 Å². The lowest BCUT2D eigenvalue weighted by molar-refractivity contribution is 0.0955. The maximum atomic E-state index is 12.1. The van der Waals surface area contributed by atoms with Crippen LogP contribution in [0.4, 0.5) is 5.69 Å². The number of nitrogens with zero attached hydrogens (tertiary/aromatic N) is 1. The van der Waals surface area contributed by atoms with Crippen LogP contribution >= 0.6 is 0 Å². The number of nitrogens with one attached hydrogen (secondary N) is 1. The van der Waals surface area contributed by atoms with Gasteiger partial charge in [0.05, 0.1) is 11.9 Å². The molecule has 0 unspecified atom stereocenters. The molecule has 8 nitrogen and oxygen atoms in total. The highest BCUT2D eigenvalue weighted by molar-refractivity contribution is 5.96. The lowest BCUT2D eigenvalue weighted by atomic mass is 10.0. The van der Waals surface area contributed by atoms with Gasteiger partial charge in [0.1, 0.15) is 12.4 Å². The molecule has 0 saturated heterocycles. The smallest absolute Gasteiger partial charge is 0.301 e. The molecule has 1 amide bonds. The summed E-state index contributed by atoms with van der Waals surface area (Å²) in [6, 6.07) is 14.9. The van der Waals surface area contributed by atoms with Gasteiger partial charge in [0.15, 0.2) is 5.75 Å². The van der Waals surface area contributed by atoms with Gasteiger partial charge in [-0.1, -0.05) is 38.1 Å². The molecule has 32 heavy (non-hydrogen) atoms. The van der Waals surface area contributed by atoms with Crippen molar-refractivity contribution in [2.24, 2.45) is 5.10 Å². The number of hydrogen-bond acceptors (Lipinski definition) is 6. The molecule has 166 valence electrons. The largest absolute Gasteiger partial charge is 0.591 e. The van der Waals surface area contributed by atoms with Crippen molar-refractivity contribution in [3.05, 3.63) is 76.9 Å². The van der Waals surface area contributed by atoms with Crippen LogP contribution in [0.25, 0.3) is 0 Å². The Morgan fingerprint density at radius 2 is 1.84 bits per heavy atom. The van der Waals surface area contributed by atoms with Crippen LogP contribution in [0.15, 0.2) is 59.7 Å². The molecule has 0 aliphatic heterocycles. The normalized spacial score (nSPS) is 11.1. The number of rotatable bonds is 7. The summed E-state index contributed by atoms with van der Waals surface area (Å²) in [6.45, 7) is 4.46. The molecule has 0 fully saturated rings. The average Bonchev–Trinajstić information content (AvgIpc) is 2.75. The summed E-state index contributed by atoms with van der Waals surface area (Å²) in [7, 11) is 0. The average molecular weight is 436 g/mol.